The molecule has 2 rings (SSSR count). The number of hydrogen-bond donors (Lipinski definition) is 4. The zero-order valence-corrected chi connectivity index (χ0v) is 8.47. The van der Waals surface area contributed by atoms with Crippen LogP contribution in [0.3, 0.4) is 0 Å². The fraction of sp³-hybridized carbons (Fsp3) is 0.222. The highest BCUT2D eigenvalue weighted by atomic mass is 16.2. The van der Waals surface area contributed by atoms with Crippen LogP contribution in [0.15, 0.2) is 24.9 Å². The molecule has 1 atom stereocenters. The van der Waals surface area contributed by atoms with E-state index >= 15 is 0 Å². The van der Waals surface area contributed by atoms with Crippen molar-refractivity contribution in [2.45, 2.75) is 12.5 Å². The second-order valence-electron chi connectivity index (χ2n) is 3.36. The lowest BCUT2D eigenvalue weighted by molar-refractivity contribution is -0.117. The second kappa shape index (κ2) is 4.58. The van der Waals surface area contributed by atoms with Gasteiger partial charge in [-0.1, -0.05) is 0 Å². The summed E-state index contributed by atoms with van der Waals surface area (Å²) in [5.74, 6) is -0.254. The van der Waals surface area contributed by atoms with Gasteiger partial charge in [-0.3, -0.25) is 9.89 Å². The largest absolute Gasteiger partial charge is 0.348 e. The Hall–Kier alpha value is -2.15. The average Bonchev–Trinajstić information content (AvgIpc) is 2.90. The number of rotatable bonds is 4. The molecule has 0 aliphatic rings. The van der Waals surface area contributed by atoms with Gasteiger partial charge in [0.25, 0.3) is 0 Å². The van der Waals surface area contributed by atoms with Gasteiger partial charge in [0.15, 0.2) is 0 Å². The van der Waals surface area contributed by atoms with Gasteiger partial charge in [0.05, 0.1) is 24.3 Å². The molecule has 0 radical (unpaired) electrons. The summed E-state index contributed by atoms with van der Waals surface area (Å²) in [7, 11) is 0. The van der Waals surface area contributed by atoms with Crippen molar-refractivity contribution in [3.63, 3.8) is 0 Å². The molecule has 7 heteroatoms. The van der Waals surface area contributed by atoms with Gasteiger partial charge in [-0.15, -0.1) is 0 Å². The Bertz CT molecular complexity index is 435. The number of nitrogens with two attached hydrogens (primary N) is 1. The maximum atomic E-state index is 11.6. The average molecular weight is 220 g/mol. The van der Waals surface area contributed by atoms with Crippen molar-refractivity contribution in [1.82, 2.24) is 20.2 Å². The Kier molecular flexibility index (Phi) is 2.97. The lowest BCUT2D eigenvalue weighted by Crippen LogP contribution is -2.37. The van der Waals surface area contributed by atoms with Crippen LogP contribution >= 0.6 is 0 Å². The maximum Gasteiger partial charge on any atom is 0.241 e. The third-order valence-corrected chi connectivity index (χ3v) is 2.10. The van der Waals surface area contributed by atoms with Crippen LogP contribution in [0.2, 0.25) is 0 Å². The number of H-pyrrole nitrogens is 2. The van der Waals surface area contributed by atoms with Crippen molar-refractivity contribution in [3.05, 3.63) is 30.6 Å². The summed E-state index contributed by atoms with van der Waals surface area (Å²) in [6.45, 7) is 0. The SMILES string of the molecule is N[C@@H](Cc1cnc[nH]1)C(=O)Nc1cn[nH]c1. The maximum absolute atomic E-state index is 11.6. The minimum atomic E-state index is -0.615. The number of aromatic amines is 2. The van der Waals surface area contributed by atoms with Gasteiger partial charge in [-0.2, -0.15) is 5.10 Å². The van der Waals surface area contributed by atoms with Gasteiger partial charge in [-0.25, -0.2) is 4.98 Å². The molecule has 0 aliphatic heterocycles. The monoisotopic (exact) mass is 220 g/mol. The van der Waals surface area contributed by atoms with Crippen LogP contribution < -0.4 is 11.1 Å². The van der Waals surface area contributed by atoms with Gasteiger partial charge in [0.2, 0.25) is 5.91 Å². The first-order valence-corrected chi connectivity index (χ1v) is 4.78. The molecule has 0 aromatic carbocycles. The molecule has 0 saturated heterocycles. The number of carbonyl (C=O) groups excluding carboxylic acids is 1. The molecule has 0 spiro atoms. The number of aromatic nitrogens is 4. The van der Waals surface area contributed by atoms with Crippen molar-refractivity contribution in [3.8, 4) is 0 Å². The molecule has 0 bridgehead atoms. The summed E-state index contributed by atoms with van der Waals surface area (Å²) in [6.07, 6.45) is 6.71. The van der Waals surface area contributed by atoms with Crippen LogP contribution in [0.5, 0.6) is 0 Å². The lowest BCUT2D eigenvalue weighted by atomic mass is 10.1. The first kappa shape index (κ1) is 10.4. The van der Waals surface area contributed by atoms with Crippen LogP contribution in [0.4, 0.5) is 5.69 Å². The molecule has 1 amide bonds. The zero-order chi connectivity index (χ0) is 11.4. The highest BCUT2D eigenvalue weighted by molar-refractivity contribution is 5.94. The van der Waals surface area contributed by atoms with E-state index in [1.165, 1.54) is 6.20 Å². The standard InChI is InChI=1S/C9H12N6O/c10-8(1-6-2-11-5-12-6)9(16)15-7-3-13-14-4-7/h2-5,8H,1,10H2,(H,11,12)(H,13,14)(H,15,16)/t8-/m0/s1. The summed E-state index contributed by atoms with van der Waals surface area (Å²) >= 11 is 0. The zero-order valence-electron chi connectivity index (χ0n) is 8.47. The topological polar surface area (TPSA) is 112 Å². The van der Waals surface area contributed by atoms with Gasteiger partial charge in [0, 0.05) is 24.5 Å². The number of carbonyl (C=O) groups is 1. The molecular formula is C9H12N6O. The predicted molar refractivity (Wildman–Crippen MR) is 57.5 cm³/mol. The molecule has 2 aromatic heterocycles. The summed E-state index contributed by atoms with van der Waals surface area (Å²) in [5, 5.41) is 8.95. The third kappa shape index (κ3) is 2.45. The number of hydrogen-bond acceptors (Lipinski definition) is 4. The Morgan fingerprint density at radius 1 is 1.56 bits per heavy atom. The summed E-state index contributed by atoms with van der Waals surface area (Å²) < 4.78 is 0. The van der Waals surface area contributed by atoms with Gasteiger partial charge in [-0.05, 0) is 0 Å². The van der Waals surface area contributed by atoms with Crippen LogP contribution in [0.25, 0.3) is 0 Å². The smallest absolute Gasteiger partial charge is 0.241 e. The first-order valence-electron chi connectivity index (χ1n) is 4.78. The quantitative estimate of drug-likeness (QED) is 0.563. The Morgan fingerprint density at radius 2 is 2.44 bits per heavy atom. The van der Waals surface area contributed by atoms with Crippen LogP contribution in [0.1, 0.15) is 5.69 Å². The Morgan fingerprint density at radius 3 is 3.06 bits per heavy atom. The van der Waals surface area contributed by atoms with Crippen molar-refractivity contribution in [1.29, 1.82) is 0 Å². The molecule has 0 aliphatic carbocycles. The predicted octanol–water partition coefficient (Wildman–Crippen LogP) is -0.359. The van der Waals surface area contributed by atoms with E-state index in [0.717, 1.165) is 5.69 Å². The minimum Gasteiger partial charge on any atom is -0.348 e. The van der Waals surface area contributed by atoms with E-state index in [2.05, 4.69) is 25.5 Å². The molecule has 2 heterocycles. The van der Waals surface area contributed by atoms with Crippen LogP contribution in [0, 0.1) is 0 Å². The number of nitrogens with zero attached hydrogens (tertiary/aromatic N) is 2. The Balaban J connectivity index is 1.90. The number of nitrogens with one attached hydrogen (secondary N) is 3. The molecule has 0 saturated carbocycles. The number of imidazole rings is 1. The van der Waals surface area contributed by atoms with E-state index in [-0.39, 0.29) is 5.91 Å². The molecule has 16 heavy (non-hydrogen) atoms. The van der Waals surface area contributed by atoms with Crippen molar-refractivity contribution < 1.29 is 4.79 Å². The van der Waals surface area contributed by atoms with Crippen molar-refractivity contribution >= 4 is 11.6 Å². The van der Waals surface area contributed by atoms with E-state index in [0.29, 0.717) is 12.1 Å². The van der Waals surface area contributed by atoms with Crippen molar-refractivity contribution in [2.24, 2.45) is 5.73 Å². The molecule has 2 aromatic rings. The molecular weight excluding hydrogens is 208 g/mol. The van der Waals surface area contributed by atoms with Gasteiger partial charge >= 0.3 is 0 Å². The van der Waals surface area contributed by atoms with E-state index < -0.39 is 6.04 Å². The highest BCUT2D eigenvalue weighted by Crippen LogP contribution is 2.03. The van der Waals surface area contributed by atoms with Crippen molar-refractivity contribution in [2.75, 3.05) is 5.32 Å². The second-order valence-corrected chi connectivity index (χ2v) is 3.36. The van der Waals surface area contributed by atoms with E-state index in [4.69, 9.17) is 5.73 Å². The first-order chi connectivity index (χ1) is 7.75. The molecule has 0 fully saturated rings. The van der Waals surface area contributed by atoms with E-state index in [1.807, 2.05) is 0 Å². The van der Waals surface area contributed by atoms with Crippen LogP contribution in [-0.2, 0) is 11.2 Å². The normalized spacial score (nSPS) is 12.3. The third-order valence-electron chi connectivity index (χ3n) is 2.10. The highest BCUT2D eigenvalue weighted by Gasteiger charge is 2.15. The summed E-state index contributed by atoms with van der Waals surface area (Å²) in [5.41, 5.74) is 7.17. The molecule has 0 unspecified atom stereocenters. The minimum absolute atomic E-state index is 0.254. The van der Waals surface area contributed by atoms with E-state index in [1.54, 1.807) is 18.7 Å². The fourth-order valence-corrected chi connectivity index (χ4v) is 1.28. The summed E-state index contributed by atoms with van der Waals surface area (Å²) in [4.78, 5) is 18.4. The van der Waals surface area contributed by atoms with Crippen LogP contribution in [-0.4, -0.2) is 32.1 Å². The molecule has 5 N–H and O–H groups in total. The van der Waals surface area contributed by atoms with E-state index in [9.17, 15) is 4.79 Å². The Labute approximate surface area is 91.5 Å². The fourth-order valence-electron chi connectivity index (χ4n) is 1.28. The number of anilines is 1. The lowest BCUT2D eigenvalue weighted by Gasteiger charge is -2.09. The molecule has 84 valence electrons. The van der Waals surface area contributed by atoms with Gasteiger partial charge < -0.3 is 16.0 Å². The molecule has 7 nitrogen and oxygen atoms in total. The van der Waals surface area contributed by atoms with Gasteiger partial charge in [0.1, 0.15) is 0 Å². The summed E-state index contributed by atoms with van der Waals surface area (Å²) in [6, 6.07) is -0.615. The number of amides is 1.